The van der Waals surface area contributed by atoms with Crippen LogP contribution in [0.1, 0.15) is 17.0 Å². The molecular formula is C47H37N2OP. The van der Waals surface area contributed by atoms with Gasteiger partial charge >= 0.3 is 0 Å². The minimum Gasteiger partial charge on any atom is -0.309 e. The van der Waals surface area contributed by atoms with E-state index in [-0.39, 0.29) is 0 Å². The average Bonchev–Trinajstić information content (AvgIpc) is 3.20. The van der Waals surface area contributed by atoms with Crippen molar-refractivity contribution in [3.63, 3.8) is 0 Å². The molecule has 8 aromatic rings. The van der Waals surface area contributed by atoms with E-state index in [0.29, 0.717) is 0 Å². The van der Waals surface area contributed by atoms with E-state index in [0.717, 1.165) is 66.5 Å². The summed E-state index contributed by atoms with van der Waals surface area (Å²) in [6.45, 7) is 6.15. The van der Waals surface area contributed by atoms with Gasteiger partial charge in [-0.3, -0.25) is 0 Å². The maximum absolute atomic E-state index is 14.8. The van der Waals surface area contributed by atoms with Crippen molar-refractivity contribution in [1.82, 2.24) is 9.97 Å². The summed E-state index contributed by atoms with van der Waals surface area (Å²) >= 11 is 0. The Kier molecular flexibility index (Phi) is 8.52. The molecule has 1 aromatic heterocycles. The molecule has 51 heavy (non-hydrogen) atoms. The van der Waals surface area contributed by atoms with Gasteiger partial charge in [-0.1, -0.05) is 170 Å². The third-order valence-corrected chi connectivity index (χ3v) is 13.1. The molecule has 0 spiro atoms. The predicted octanol–water partition coefficient (Wildman–Crippen LogP) is 10.9. The highest BCUT2D eigenvalue weighted by Gasteiger charge is 2.29. The van der Waals surface area contributed by atoms with Crippen molar-refractivity contribution in [2.24, 2.45) is 0 Å². The Bertz CT molecular complexity index is 2480. The Labute approximate surface area is 299 Å². The Balaban J connectivity index is 1.09. The Hall–Kier alpha value is -5.89. The smallest absolute Gasteiger partial charge is 0.171 e. The van der Waals surface area contributed by atoms with E-state index in [1.165, 1.54) is 21.9 Å². The van der Waals surface area contributed by atoms with Gasteiger partial charge in [0.25, 0.3) is 0 Å². The molecular weight excluding hydrogens is 640 g/mol. The molecule has 0 atom stereocenters. The van der Waals surface area contributed by atoms with E-state index in [1.54, 1.807) is 0 Å². The molecule has 0 amide bonds. The number of nitrogens with zero attached hydrogens (tertiary/aromatic N) is 2. The normalized spacial score (nSPS) is 11.5. The van der Waals surface area contributed by atoms with Crippen molar-refractivity contribution >= 4 is 33.8 Å². The fraction of sp³-hybridized carbons (Fsp3) is 0.0638. The van der Waals surface area contributed by atoms with Gasteiger partial charge in [0.15, 0.2) is 13.0 Å². The summed E-state index contributed by atoms with van der Waals surface area (Å²) in [5.74, 6) is 0.765. The second-order valence-electron chi connectivity index (χ2n) is 13.0. The maximum atomic E-state index is 14.8. The molecule has 0 aliphatic heterocycles. The van der Waals surface area contributed by atoms with E-state index in [1.807, 2.05) is 86.6 Å². The SMILES string of the molecule is Cc1nc(-c2ccc(-c3ccc(-c4ccc(-c5ccc(P(=O)(c6ccccc6)c6ccccc6)cc5)cc4)c4ccccc34)cc2)nc(C)c1C. The van der Waals surface area contributed by atoms with Gasteiger partial charge < -0.3 is 4.57 Å². The van der Waals surface area contributed by atoms with Gasteiger partial charge in [0.1, 0.15) is 0 Å². The first kappa shape index (κ1) is 32.3. The maximum Gasteiger partial charge on any atom is 0.171 e. The van der Waals surface area contributed by atoms with Crippen LogP contribution in [0, 0.1) is 20.8 Å². The van der Waals surface area contributed by atoms with Crippen molar-refractivity contribution in [3.8, 4) is 44.8 Å². The van der Waals surface area contributed by atoms with Crippen LogP contribution in [0.25, 0.3) is 55.5 Å². The minimum atomic E-state index is -3.01. The predicted molar refractivity (Wildman–Crippen MR) is 215 cm³/mol. The quantitative estimate of drug-likeness (QED) is 0.158. The fourth-order valence-corrected chi connectivity index (χ4v) is 9.58. The second-order valence-corrected chi connectivity index (χ2v) is 15.8. The van der Waals surface area contributed by atoms with Crippen LogP contribution in [0.5, 0.6) is 0 Å². The van der Waals surface area contributed by atoms with Gasteiger partial charge in [-0.25, -0.2) is 9.97 Å². The molecule has 0 aliphatic carbocycles. The number of aryl methyl sites for hydroxylation is 2. The topological polar surface area (TPSA) is 42.9 Å². The number of hydrogen-bond donors (Lipinski definition) is 0. The highest BCUT2D eigenvalue weighted by atomic mass is 31.2. The molecule has 0 unspecified atom stereocenters. The van der Waals surface area contributed by atoms with Crippen LogP contribution in [-0.4, -0.2) is 9.97 Å². The zero-order valence-electron chi connectivity index (χ0n) is 28.9. The lowest BCUT2D eigenvalue weighted by molar-refractivity contribution is 0.592. The number of benzene rings is 7. The van der Waals surface area contributed by atoms with Gasteiger partial charge in [-0.15, -0.1) is 0 Å². The third kappa shape index (κ3) is 6.01. The molecule has 8 rings (SSSR count). The summed E-state index contributed by atoms with van der Waals surface area (Å²) in [5, 5.41) is 4.93. The van der Waals surface area contributed by atoms with E-state index in [9.17, 15) is 4.57 Å². The standard InChI is InChI=1S/C47H37N2OP/c1-32-33(2)48-47(49-34(32)3)39-24-22-38(23-25-39)44-31-30-43(45-16-10-11-17-46(44)45)37-20-18-35(19-21-37)36-26-28-42(29-27-36)51(50,40-12-6-4-7-13-40)41-14-8-5-9-15-41/h4-31H,1-3H3. The Morgan fingerprint density at radius 1 is 0.373 bits per heavy atom. The van der Waals surface area contributed by atoms with Crippen LogP contribution >= 0.6 is 7.14 Å². The molecule has 0 bridgehead atoms. The first-order chi connectivity index (χ1) is 24.9. The lowest BCUT2D eigenvalue weighted by Crippen LogP contribution is -2.24. The molecule has 1 heterocycles. The number of hydrogen-bond acceptors (Lipinski definition) is 3. The minimum absolute atomic E-state index is 0.765. The summed E-state index contributed by atoms with van der Waals surface area (Å²) in [7, 11) is -3.01. The number of rotatable bonds is 7. The first-order valence-corrected chi connectivity index (χ1v) is 19.0. The Morgan fingerprint density at radius 3 is 1.18 bits per heavy atom. The molecule has 0 radical (unpaired) electrons. The van der Waals surface area contributed by atoms with Gasteiger partial charge in [0.2, 0.25) is 0 Å². The lowest BCUT2D eigenvalue weighted by Gasteiger charge is -2.20. The van der Waals surface area contributed by atoms with Crippen LogP contribution in [-0.2, 0) is 4.57 Å². The lowest BCUT2D eigenvalue weighted by atomic mass is 9.91. The Morgan fingerprint density at radius 2 is 0.725 bits per heavy atom. The van der Waals surface area contributed by atoms with Crippen molar-refractivity contribution < 1.29 is 4.57 Å². The molecule has 0 fully saturated rings. The van der Waals surface area contributed by atoms with Crippen LogP contribution in [0.2, 0.25) is 0 Å². The summed E-state index contributed by atoms with van der Waals surface area (Å²) in [4.78, 5) is 9.48. The van der Waals surface area contributed by atoms with Gasteiger partial charge in [-0.2, -0.15) is 0 Å². The average molecular weight is 677 g/mol. The van der Waals surface area contributed by atoms with E-state index >= 15 is 0 Å². The molecule has 246 valence electrons. The van der Waals surface area contributed by atoms with E-state index in [4.69, 9.17) is 9.97 Å². The molecule has 0 N–H and O–H groups in total. The number of fused-ring (bicyclic) bond motifs is 1. The molecule has 3 nitrogen and oxygen atoms in total. The molecule has 0 saturated carbocycles. The highest BCUT2D eigenvalue weighted by molar-refractivity contribution is 7.85. The van der Waals surface area contributed by atoms with Crippen LogP contribution in [0.15, 0.2) is 170 Å². The van der Waals surface area contributed by atoms with E-state index < -0.39 is 7.14 Å². The zero-order chi connectivity index (χ0) is 35.0. The zero-order valence-corrected chi connectivity index (χ0v) is 29.8. The van der Waals surface area contributed by atoms with Crippen LogP contribution in [0.3, 0.4) is 0 Å². The summed E-state index contributed by atoms with van der Waals surface area (Å²) in [5.41, 5.74) is 11.1. The van der Waals surface area contributed by atoms with Gasteiger partial charge in [0, 0.05) is 32.9 Å². The highest BCUT2D eigenvalue weighted by Crippen LogP contribution is 2.43. The van der Waals surface area contributed by atoms with E-state index in [2.05, 4.69) is 104 Å². The summed E-state index contributed by atoms with van der Waals surface area (Å²) < 4.78 is 14.8. The molecule has 0 aliphatic rings. The summed E-state index contributed by atoms with van der Waals surface area (Å²) in [6.07, 6.45) is 0. The second kappa shape index (κ2) is 13.4. The van der Waals surface area contributed by atoms with Crippen molar-refractivity contribution in [3.05, 3.63) is 187 Å². The van der Waals surface area contributed by atoms with Gasteiger partial charge in [0.05, 0.1) is 0 Å². The van der Waals surface area contributed by atoms with Gasteiger partial charge in [-0.05, 0) is 70.5 Å². The van der Waals surface area contributed by atoms with Crippen molar-refractivity contribution in [2.45, 2.75) is 20.8 Å². The monoisotopic (exact) mass is 676 g/mol. The van der Waals surface area contributed by atoms with Crippen molar-refractivity contribution in [1.29, 1.82) is 0 Å². The van der Waals surface area contributed by atoms with Crippen molar-refractivity contribution in [2.75, 3.05) is 0 Å². The first-order valence-electron chi connectivity index (χ1n) is 17.3. The molecule has 7 aromatic carbocycles. The van der Waals surface area contributed by atoms with Crippen LogP contribution < -0.4 is 15.9 Å². The third-order valence-electron chi connectivity index (χ3n) is 10.0. The number of aromatic nitrogens is 2. The largest absolute Gasteiger partial charge is 0.309 e. The fourth-order valence-electron chi connectivity index (χ4n) is 6.93. The molecule has 0 saturated heterocycles. The summed E-state index contributed by atoms with van der Waals surface area (Å²) in [6, 6.07) is 58.3. The van der Waals surface area contributed by atoms with Crippen LogP contribution in [0.4, 0.5) is 0 Å². The molecule has 4 heteroatoms.